The van der Waals surface area contributed by atoms with Gasteiger partial charge in [0.05, 0.1) is 12.4 Å². The first-order chi connectivity index (χ1) is 9.31. The largest absolute Gasteiger partial charge is 0.411 e. The Kier molecular flexibility index (Phi) is 4.17. The summed E-state index contributed by atoms with van der Waals surface area (Å²) in [7, 11) is 0. The second-order valence-electron chi connectivity index (χ2n) is 3.91. The Labute approximate surface area is 110 Å². The molecule has 0 saturated carbocycles. The molecule has 1 aromatic heterocycles. The van der Waals surface area contributed by atoms with E-state index in [1.165, 1.54) is 12.4 Å². The number of allylic oxidation sites excluding steroid dienone is 3. The highest BCUT2D eigenvalue weighted by atomic mass is 16.4. The van der Waals surface area contributed by atoms with Crippen LogP contribution in [0.2, 0.25) is 0 Å². The molecule has 0 saturated heterocycles. The second-order valence-corrected chi connectivity index (χ2v) is 3.91. The first-order valence-electron chi connectivity index (χ1n) is 5.63. The molecule has 2 heterocycles. The highest BCUT2D eigenvalue weighted by Crippen LogP contribution is 2.08. The van der Waals surface area contributed by atoms with E-state index >= 15 is 0 Å². The normalized spacial score (nSPS) is 14.1. The summed E-state index contributed by atoms with van der Waals surface area (Å²) in [5.74, 6) is 0. The van der Waals surface area contributed by atoms with Crippen LogP contribution in [0.25, 0.3) is 0 Å². The Morgan fingerprint density at radius 2 is 1.95 bits per heavy atom. The van der Waals surface area contributed by atoms with E-state index in [1.54, 1.807) is 0 Å². The van der Waals surface area contributed by atoms with Crippen molar-refractivity contribution in [3.05, 3.63) is 71.3 Å². The molecule has 0 unspecified atom stereocenters. The van der Waals surface area contributed by atoms with E-state index in [9.17, 15) is 4.91 Å². The Bertz CT molecular complexity index is 543. The van der Waals surface area contributed by atoms with Crippen molar-refractivity contribution >= 4 is 6.21 Å². The molecule has 2 rings (SSSR count). The molecule has 1 aliphatic rings. The predicted molar refractivity (Wildman–Crippen MR) is 70.0 cm³/mol. The summed E-state index contributed by atoms with van der Waals surface area (Å²) in [5, 5.41) is 14.1. The minimum atomic E-state index is 0.644. The zero-order valence-corrected chi connectivity index (χ0v) is 10.1. The van der Waals surface area contributed by atoms with Gasteiger partial charge >= 0.3 is 0 Å². The van der Waals surface area contributed by atoms with Crippen molar-refractivity contribution < 1.29 is 9.77 Å². The Balaban J connectivity index is 1.99. The van der Waals surface area contributed by atoms with E-state index in [0.29, 0.717) is 6.67 Å². The van der Waals surface area contributed by atoms with Gasteiger partial charge in [-0.3, -0.25) is 4.90 Å². The fourth-order valence-electron chi connectivity index (χ4n) is 1.61. The molecule has 1 aromatic rings. The topological polar surface area (TPSA) is 69.1 Å². The molecule has 0 amide bonds. The number of oxime groups is 1. The van der Waals surface area contributed by atoms with Crippen molar-refractivity contribution in [1.29, 1.82) is 0 Å². The van der Waals surface area contributed by atoms with E-state index in [2.05, 4.69) is 10.3 Å². The minimum absolute atomic E-state index is 0.644. The fourth-order valence-corrected chi connectivity index (χ4v) is 1.61. The maximum atomic E-state index is 10.1. The zero-order valence-electron chi connectivity index (χ0n) is 10.1. The van der Waals surface area contributed by atoms with Crippen molar-refractivity contribution in [1.82, 2.24) is 4.90 Å². The van der Waals surface area contributed by atoms with Crippen LogP contribution in [0.4, 0.5) is 0 Å². The number of rotatable bonds is 4. The smallest absolute Gasteiger partial charge is 0.227 e. The number of hydrogen-bond acceptors (Lipinski definition) is 5. The molecular weight excluding hydrogens is 244 g/mol. The van der Waals surface area contributed by atoms with Crippen molar-refractivity contribution in [3.8, 4) is 0 Å². The third kappa shape index (κ3) is 3.60. The third-order valence-electron chi connectivity index (χ3n) is 2.57. The lowest BCUT2D eigenvalue weighted by atomic mass is 10.2. The van der Waals surface area contributed by atoms with Gasteiger partial charge in [-0.2, -0.15) is 4.57 Å². The molecular formula is C13H13N4O2+. The molecule has 1 N–H and O–H groups in total. The van der Waals surface area contributed by atoms with Gasteiger partial charge in [0.2, 0.25) is 6.67 Å². The van der Waals surface area contributed by atoms with Gasteiger partial charge in [-0.1, -0.05) is 5.16 Å². The number of nitrogens with zero attached hydrogens (tertiary/aromatic N) is 4. The predicted octanol–water partition coefficient (Wildman–Crippen LogP) is 1.73. The van der Waals surface area contributed by atoms with E-state index in [4.69, 9.17) is 5.21 Å². The van der Waals surface area contributed by atoms with Gasteiger partial charge in [0.25, 0.3) is 0 Å². The van der Waals surface area contributed by atoms with Gasteiger partial charge in [0.1, 0.15) is 0 Å². The quantitative estimate of drug-likeness (QED) is 0.293. The minimum Gasteiger partial charge on any atom is -0.411 e. The molecule has 96 valence electrons. The highest BCUT2D eigenvalue weighted by molar-refractivity contribution is 5.78. The van der Waals surface area contributed by atoms with Gasteiger partial charge in [0, 0.05) is 30.1 Å². The summed E-state index contributed by atoms with van der Waals surface area (Å²) >= 11 is 0. The Morgan fingerprint density at radius 1 is 1.26 bits per heavy atom. The van der Waals surface area contributed by atoms with Crippen LogP contribution in [0.1, 0.15) is 5.56 Å². The number of pyridine rings is 1. The van der Waals surface area contributed by atoms with Crippen LogP contribution in [0.3, 0.4) is 0 Å². The average Bonchev–Trinajstić information content (AvgIpc) is 2.44. The molecule has 0 aromatic carbocycles. The molecule has 6 heteroatoms. The van der Waals surface area contributed by atoms with Crippen molar-refractivity contribution in [2.75, 3.05) is 0 Å². The number of nitroso groups, excluding NO2 is 1. The lowest BCUT2D eigenvalue weighted by Gasteiger charge is -2.14. The highest BCUT2D eigenvalue weighted by Gasteiger charge is 2.06. The first kappa shape index (κ1) is 12.7. The van der Waals surface area contributed by atoms with Crippen LogP contribution in [0, 0.1) is 4.91 Å². The number of hydrogen-bond donors (Lipinski definition) is 1. The molecule has 6 nitrogen and oxygen atoms in total. The molecule has 0 radical (unpaired) electrons. The maximum Gasteiger partial charge on any atom is 0.227 e. The van der Waals surface area contributed by atoms with Crippen molar-refractivity contribution in [3.63, 3.8) is 0 Å². The molecule has 1 aliphatic heterocycles. The fraction of sp³-hybridized carbons (Fsp3) is 0.0769. The van der Waals surface area contributed by atoms with Gasteiger partial charge in [-0.25, -0.2) is 0 Å². The molecule has 0 atom stereocenters. The summed E-state index contributed by atoms with van der Waals surface area (Å²) in [6.45, 7) is 0.644. The lowest BCUT2D eigenvalue weighted by molar-refractivity contribution is -0.711. The second kappa shape index (κ2) is 6.25. The Morgan fingerprint density at radius 3 is 2.53 bits per heavy atom. The molecule has 0 fully saturated rings. The van der Waals surface area contributed by atoms with Gasteiger partial charge in [-0.05, 0) is 22.9 Å². The van der Waals surface area contributed by atoms with E-state index < -0.39 is 0 Å². The van der Waals surface area contributed by atoms with Gasteiger partial charge in [0.15, 0.2) is 12.4 Å². The number of aromatic nitrogens is 1. The van der Waals surface area contributed by atoms with Crippen molar-refractivity contribution in [2.24, 2.45) is 10.3 Å². The third-order valence-corrected chi connectivity index (χ3v) is 2.57. The van der Waals surface area contributed by atoms with Crippen molar-refractivity contribution in [2.45, 2.75) is 6.67 Å². The van der Waals surface area contributed by atoms with Gasteiger partial charge < -0.3 is 5.21 Å². The van der Waals surface area contributed by atoms with Crippen LogP contribution < -0.4 is 4.57 Å². The lowest BCUT2D eigenvalue weighted by Crippen LogP contribution is -2.39. The van der Waals surface area contributed by atoms with E-state index in [0.717, 1.165) is 11.1 Å². The summed E-state index contributed by atoms with van der Waals surface area (Å²) in [5.41, 5.74) is 1.59. The molecule has 0 bridgehead atoms. The van der Waals surface area contributed by atoms with E-state index in [-0.39, 0.29) is 0 Å². The van der Waals surface area contributed by atoms with Crippen LogP contribution in [0.5, 0.6) is 0 Å². The first-order valence-corrected chi connectivity index (χ1v) is 5.63. The summed E-state index contributed by atoms with van der Waals surface area (Å²) in [6.07, 6.45) is 13.8. The van der Waals surface area contributed by atoms with E-state index in [1.807, 2.05) is 58.5 Å². The molecule has 0 spiro atoms. The standard InChI is InChI=1S/C13H12N4O2/c18-14-9-12-1-5-16(6-2-12)11-17-7-3-13(4-8-17)10-15-19/h1-10H,11H2/p+1. The average molecular weight is 257 g/mol. The maximum absolute atomic E-state index is 10.1. The summed E-state index contributed by atoms with van der Waals surface area (Å²) < 4.78 is 1.97. The summed E-state index contributed by atoms with van der Waals surface area (Å²) in [6, 6.07) is 3.69. The van der Waals surface area contributed by atoms with Crippen LogP contribution >= 0.6 is 0 Å². The van der Waals surface area contributed by atoms with Crippen LogP contribution in [-0.2, 0) is 6.67 Å². The van der Waals surface area contributed by atoms with Crippen LogP contribution in [-0.4, -0.2) is 16.3 Å². The summed E-state index contributed by atoms with van der Waals surface area (Å²) in [4.78, 5) is 12.1. The Hall–Kier alpha value is -2.76. The van der Waals surface area contributed by atoms with Crippen LogP contribution in [0.15, 0.2) is 71.2 Å². The zero-order chi connectivity index (χ0) is 13.5. The molecule has 19 heavy (non-hydrogen) atoms. The molecule has 0 aliphatic carbocycles. The SMILES string of the molecule is O=NC=C1C=CN(C[n+]2ccc(/C=N/O)cc2)C=C1. The van der Waals surface area contributed by atoms with Gasteiger partial charge in [-0.15, -0.1) is 4.91 Å². The monoisotopic (exact) mass is 257 g/mol.